The van der Waals surface area contributed by atoms with Crippen molar-refractivity contribution in [2.75, 3.05) is 15.8 Å². The standard InChI is InChI=1S/C27H21F3N6O3S2/c1-16-12-17(2)33-26(32-16)36-41(38,39)20-10-8-19(9-11-20)34-24(37)15-40-25-21(14-31)22(27(28,29)30)13-23(35-25)18-6-4-3-5-7-18/h3-13H,15H2,1-2H3,(H,34,37)(H,32,33,36). The van der Waals surface area contributed by atoms with Gasteiger partial charge < -0.3 is 5.32 Å². The lowest BCUT2D eigenvalue weighted by molar-refractivity contribution is -0.138. The molecule has 0 spiro atoms. The molecule has 0 unspecified atom stereocenters. The van der Waals surface area contributed by atoms with Crippen LogP contribution in [0.3, 0.4) is 0 Å². The Hall–Kier alpha value is -4.48. The fourth-order valence-corrected chi connectivity index (χ4v) is 5.46. The van der Waals surface area contributed by atoms with E-state index in [0.29, 0.717) is 28.7 Å². The van der Waals surface area contributed by atoms with Gasteiger partial charge in [-0.15, -0.1) is 0 Å². The van der Waals surface area contributed by atoms with Crippen LogP contribution in [0, 0.1) is 25.2 Å². The maximum atomic E-state index is 13.7. The molecule has 14 heteroatoms. The molecule has 4 rings (SSSR count). The minimum Gasteiger partial charge on any atom is -0.325 e. The molecule has 0 saturated carbocycles. The summed E-state index contributed by atoms with van der Waals surface area (Å²) in [6.45, 7) is 3.41. The monoisotopic (exact) mass is 598 g/mol. The molecule has 41 heavy (non-hydrogen) atoms. The van der Waals surface area contributed by atoms with Crippen molar-refractivity contribution in [2.24, 2.45) is 0 Å². The second kappa shape index (κ2) is 11.9. The molecule has 9 nitrogen and oxygen atoms in total. The van der Waals surface area contributed by atoms with Crippen molar-refractivity contribution < 1.29 is 26.4 Å². The maximum Gasteiger partial charge on any atom is 0.417 e. The lowest BCUT2D eigenvalue weighted by Gasteiger charge is -2.14. The van der Waals surface area contributed by atoms with Gasteiger partial charge in [0.2, 0.25) is 11.9 Å². The number of rotatable bonds is 8. The Balaban J connectivity index is 1.48. The van der Waals surface area contributed by atoms with E-state index in [1.165, 1.54) is 24.3 Å². The summed E-state index contributed by atoms with van der Waals surface area (Å²) in [5.41, 5.74) is 0.0334. The van der Waals surface area contributed by atoms with Crippen LogP contribution in [0.4, 0.5) is 24.8 Å². The van der Waals surface area contributed by atoms with E-state index in [-0.39, 0.29) is 33.0 Å². The van der Waals surface area contributed by atoms with Crippen LogP contribution in [0.1, 0.15) is 22.5 Å². The Morgan fingerprint density at radius 2 is 1.61 bits per heavy atom. The smallest absolute Gasteiger partial charge is 0.325 e. The van der Waals surface area contributed by atoms with Gasteiger partial charge in [-0.1, -0.05) is 42.1 Å². The predicted octanol–water partition coefficient (Wildman–Crippen LogP) is 5.58. The van der Waals surface area contributed by atoms with Gasteiger partial charge in [0.15, 0.2) is 0 Å². The maximum absolute atomic E-state index is 13.7. The number of amides is 1. The van der Waals surface area contributed by atoms with Gasteiger partial charge in [-0.3, -0.25) is 4.79 Å². The Bertz CT molecular complexity index is 1720. The van der Waals surface area contributed by atoms with Gasteiger partial charge in [-0.05, 0) is 50.2 Å². The SMILES string of the molecule is Cc1cc(C)nc(NS(=O)(=O)c2ccc(NC(=O)CSc3nc(-c4ccccc4)cc(C(F)(F)F)c3C#N)cc2)n1. The number of nitrogens with zero attached hydrogens (tertiary/aromatic N) is 4. The zero-order chi connectivity index (χ0) is 29.8. The van der Waals surface area contributed by atoms with Gasteiger partial charge in [0.05, 0.1) is 27.5 Å². The quantitative estimate of drug-likeness (QED) is 0.251. The third-order valence-electron chi connectivity index (χ3n) is 5.47. The average molecular weight is 599 g/mol. The summed E-state index contributed by atoms with van der Waals surface area (Å²) in [5.74, 6) is -1.04. The minimum atomic E-state index is -4.81. The number of nitriles is 1. The van der Waals surface area contributed by atoms with Crippen LogP contribution in [0.5, 0.6) is 0 Å². The van der Waals surface area contributed by atoms with Crippen molar-refractivity contribution in [3.05, 3.63) is 89.2 Å². The molecular weight excluding hydrogens is 577 g/mol. The molecule has 0 saturated heterocycles. The summed E-state index contributed by atoms with van der Waals surface area (Å²) in [6.07, 6.45) is -4.81. The number of aromatic nitrogens is 3. The number of benzene rings is 2. The fraction of sp³-hybridized carbons (Fsp3) is 0.148. The van der Waals surface area contributed by atoms with Crippen LogP contribution >= 0.6 is 11.8 Å². The number of thioether (sulfide) groups is 1. The molecule has 0 atom stereocenters. The first-order valence-electron chi connectivity index (χ1n) is 11.8. The highest BCUT2D eigenvalue weighted by molar-refractivity contribution is 8.00. The van der Waals surface area contributed by atoms with Crippen molar-refractivity contribution in [3.8, 4) is 17.3 Å². The Kier molecular flexibility index (Phi) is 8.60. The van der Waals surface area contributed by atoms with Crippen LogP contribution in [-0.4, -0.2) is 35.0 Å². The number of alkyl halides is 3. The highest BCUT2D eigenvalue weighted by atomic mass is 32.2. The highest BCUT2D eigenvalue weighted by Gasteiger charge is 2.36. The second-order valence-electron chi connectivity index (χ2n) is 8.65. The average Bonchev–Trinajstić information content (AvgIpc) is 2.91. The summed E-state index contributed by atoms with van der Waals surface area (Å²) in [5, 5.41) is 11.8. The third-order valence-corrected chi connectivity index (χ3v) is 7.79. The summed E-state index contributed by atoms with van der Waals surface area (Å²) in [4.78, 5) is 24.8. The number of carbonyl (C=O) groups is 1. The lowest BCUT2D eigenvalue weighted by Crippen LogP contribution is -2.17. The van der Waals surface area contributed by atoms with Crippen LogP contribution in [0.15, 0.2) is 76.7 Å². The Morgan fingerprint density at radius 1 is 0.976 bits per heavy atom. The molecule has 210 valence electrons. The van der Waals surface area contributed by atoms with Crippen LogP contribution in [-0.2, 0) is 21.0 Å². The summed E-state index contributed by atoms with van der Waals surface area (Å²) in [6, 6.07) is 17.5. The number of hydrogen-bond donors (Lipinski definition) is 2. The van der Waals surface area contributed by atoms with Crippen molar-refractivity contribution in [1.29, 1.82) is 5.26 Å². The normalized spacial score (nSPS) is 11.5. The van der Waals surface area contributed by atoms with Gasteiger partial charge in [0.25, 0.3) is 10.0 Å². The molecule has 0 radical (unpaired) electrons. The van der Waals surface area contributed by atoms with Gasteiger partial charge >= 0.3 is 6.18 Å². The molecule has 0 bridgehead atoms. The topological polar surface area (TPSA) is 138 Å². The van der Waals surface area contributed by atoms with E-state index >= 15 is 0 Å². The first-order valence-corrected chi connectivity index (χ1v) is 14.3. The number of sulfonamides is 1. The van der Waals surface area contributed by atoms with E-state index in [1.54, 1.807) is 56.3 Å². The first kappa shape index (κ1) is 29.5. The largest absolute Gasteiger partial charge is 0.417 e. The molecule has 0 aliphatic carbocycles. The zero-order valence-corrected chi connectivity index (χ0v) is 23.2. The van der Waals surface area contributed by atoms with Crippen molar-refractivity contribution in [3.63, 3.8) is 0 Å². The molecule has 0 aliphatic rings. The van der Waals surface area contributed by atoms with E-state index < -0.39 is 33.2 Å². The number of anilines is 2. The van der Waals surface area contributed by atoms with Gasteiger partial charge in [-0.25, -0.2) is 28.1 Å². The van der Waals surface area contributed by atoms with Gasteiger partial charge in [-0.2, -0.15) is 18.4 Å². The fourth-order valence-electron chi connectivity index (χ4n) is 3.71. The third kappa shape index (κ3) is 7.38. The van der Waals surface area contributed by atoms with Crippen molar-refractivity contribution >= 4 is 39.3 Å². The summed E-state index contributed by atoms with van der Waals surface area (Å²) in [7, 11) is -4.01. The zero-order valence-electron chi connectivity index (χ0n) is 21.5. The van der Waals surface area contributed by atoms with Crippen LogP contribution < -0.4 is 10.0 Å². The lowest BCUT2D eigenvalue weighted by atomic mass is 10.1. The number of aryl methyl sites for hydroxylation is 2. The number of halogens is 3. The van der Waals surface area contributed by atoms with Crippen molar-refractivity contribution in [2.45, 2.75) is 29.9 Å². The molecule has 2 aromatic heterocycles. The minimum absolute atomic E-state index is 0.0106. The first-order chi connectivity index (χ1) is 19.4. The van der Waals surface area contributed by atoms with Gasteiger partial charge in [0.1, 0.15) is 11.1 Å². The summed E-state index contributed by atoms with van der Waals surface area (Å²) >= 11 is 0.684. The van der Waals surface area contributed by atoms with E-state index in [1.807, 2.05) is 0 Å². The molecule has 0 aliphatic heterocycles. The van der Waals surface area contributed by atoms with E-state index in [0.717, 1.165) is 6.07 Å². The Morgan fingerprint density at radius 3 is 2.20 bits per heavy atom. The van der Waals surface area contributed by atoms with E-state index in [9.17, 15) is 31.6 Å². The molecule has 2 aromatic carbocycles. The molecular formula is C27H21F3N6O3S2. The van der Waals surface area contributed by atoms with Crippen molar-refractivity contribution in [1.82, 2.24) is 15.0 Å². The second-order valence-corrected chi connectivity index (χ2v) is 11.3. The van der Waals surface area contributed by atoms with Gasteiger partial charge in [0, 0.05) is 22.6 Å². The molecule has 2 heterocycles. The number of nitrogens with one attached hydrogen (secondary N) is 2. The Labute approximate surface area is 237 Å². The summed E-state index contributed by atoms with van der Waals surface area (Å²) < 4.78 is 69.0. The predicted molar refractivity (Wildman–Crippen MR) is 148 cm³/mol. The molecule has 1 amide bonds. The number of hydrogen-bond acceptors (Lipinski definition) is 8. The molecule has 2 N–H and O–H groups in total. The van der Waals surface area contributed by atoms with Crippen LogP contribution in [0.25, 0.3) is 11.3 Å². The number of carbonyl (C=O) groups excluding carboxylic acids is 1. The van der Waals surface area contributed by atoms with E-state index in [4.69, 9.17) is 0 Å². The molecule has 4 aromatic rings. The van der Waals surface area contributed by atoms with E-state index in [2.05, 4.69) is 25.0 Å². The molecule has 0 fully saturated rings. The highest BCUT2D eigenvalue weighted by Crippen LogP contribution is 2.38. The van der Waals surface area contributed by atoms with Crippen LogP contribution in [0.2, 0.25) is 0 Å². The number of pyridine rings is 1.